The van der Waals surface area contributed by atoms with Crippen LogP contribution in [-0.4, -0.2) is 32.7 Å². The highest BCUT2D eigenvalue weighted by molar-refractivity contribution is 8.00. The molecule has 1 heterocycles. The molecule has 0 bridgehead atoms. The van der Waals surface area contributed by atoms with Crippen molar-refractivity contribution in [3.63, 3.8) is 0 Å². The second-order valence-corrected chi connectivity index (χ2v) is 7.94. The molecule has 26 heavy (non-hydrogen) atoms. The van der Waals surface area contributed by atoms with Crippen LogP contribution < -0.4 is 0 Å². The monoisotopic (exact) mass is 387 g/mol. The second kappa shape index (κ2) is 8.14. The maximum atomic E-state index is 12.8. The number of para-hydroxylation sites is 2. The lowest BCUT2D eigenvalue weighted by atomic mass is 10.3. The molecule has 3 rings (SSSR count). The average molecular weight is 388 g/mol. The molecule has 0 aliphatic heterocycles. The number of nitrogens with zero attached hydrogens (tertiary/aromatic N) is 3. The quantitative estimate of drug-likeness (QED) is 0.567. The molecule has 6 heteroatoms. The van der Waals surface area contributed by atoms with Crippen molar-refractivity contribution >= 4 is 40.3 Å². The highest BCUT2D eigenvalue weighted by Gasteiger charge is 2.21. The molecule has 0 saturated carbocycles. The zero-order valence-corrected chi connectivity index (χ0v) is 16.7. The Labute approximate surface area is 163 Å². The molecule has 136 valence electrons. The van der Waals surface area contributed by atoms with E-state index in [-0.39, 0.29) is 11.2 Å². The van der Waals surface area contributed by atoms with E-state index in [0.29, 0.717) is 11.6 Å². The van der Waals surface area contributed by atoms with Gasteiger partial charge in [-0.3, -0.25) is 4.79 Å². The van der Waals surface area contributed by atoms with E-state index < -0.39 is 0 Å². The number of aryl methyl sites for hydroxylation is 1. The number of amides is 1. The minimum absolute atomic E-state index is 0.0598. The maximum absolute atomic E-state index is 12.8. The Morgan fingerprint density at radius 3 is 2.65 bits per heavy atom. The number of carbonyl (C=O) groups is 1. The number of aromatic nitrogens is 2. The van der Waals surface area contributed by atoms with Gasteiger partial charge in [0.1, 0.15) is 5.82 Å². The summed E-state index contributed by atoms with van der Waals surface area (Å²) < 4.78 is 2.16. The van der Waals surface area contributed by atoms with Crippen molar-refractivity contribution in [1.29, 1.82) is 0 Å². The summed E-state index contributed by atoms with van der Waals surface area (Å²) in [5.41, 5.74) is 2.06. The van der Waals surface area contributed by atoms with Crippen LogP contribution in [0.1, 0.15) is 19.7 Å². The Morgan fingerprint density at radius 2 is 1.92 bits per heavy atom. The third kappa shape index (κ3) is 3.89. The average Bonchev–Trinajstić information content (AvgIpc) is 2.99. The molecule has 2 aromatic carbocycles. The van der Waals surface area contributed by atoms with Gasteiger partial charge in [-0.15, -0.1) is 11.8 Å². The molecule has 0 aliphatic rings. The molecule has 0 N–H and O–H groups in total. The topological polar surface area (TPSA) is 38.1 Å². The van der Waals surface area contributed by atoms with Crippen LogP contribution >= 0.6 is 23.4 Å². The standard InChI is InChI=1S/C20H22ClN3OS/c1-4-24-17-11-7-6-10-16(17)22-19(24)13-23(3)20(25)14(2)26-18-12-8-5-9-15(18)21/h5-12,14H,4,13H2,1-3H3. The Bertz CT molecular complexity index is 924. The number of benzene rings is 2. The van der Waals surface area contributed by atoms with Crippen LogP contribution in [0.4, 0.5) is 0 Å². The second-order valence-electron chi connectivity index (χ2n) is 6.15. The van der Waals surface area contributed by atoms with E-state index in [9.17, 15) is 4.79 Å². The number of hydrogen-bond donors (Lipinski definition) is 0. The van der Waals surface area contributed by atoms with Crippen molar-refractivity contribution in [3.8, 4) is 0 Å². The van der Waals surface area contributed by atoms with Gasteiger partial charge >= 0.3 is 0 Å². The van der Waals surface area contributed by atoms with Gasteiger partial charge in [-0.1, -0.05) is 35.9 Å². The predicted molar refractivity (Wildman–Crippen MR) is 109 cm³/mol. The van der Waals surface area contributed by atoms with Crippen LogP contribution in [0.5, 0.6) is 0 Å². The van der Waals surface area contributed by atoms with Crippen LogP contribution in [0.15, 0.2) is 53.4 Å². The lowest BCUT2D eigenvalue weighted by molar-refractivity contribution is -0.129. The minimum Gasteiger partial charge on any atom is -0.337 e. The predicted octanol–water partition coefficient (Wildman–Crippen LogP) is 4.85. The van der Waals surface area contributed by atoms with Gasteiger partial charge in [0.2, 0.25) is 5.91 Å². The largest absolute Gasteiger partial charge is 0.337 e. The van der Waals surface area contributed by atoms with Crippen molar-refractivity contribution in [2.45, 2.75) is 37.1 Å². The van der Waals surface area contributed by atoms with E-state index in [0.717, 1.165) is 28.3 Å². The van der Waals surface area contributed by atoms with E-state index in [1.165, 1.54) is 11.8 Å². The van der Waals surface area contributed by atoms with Gasteiger partial charge in [0.15, 0.2) is 0 Å². The van der Waals surface area contributed by atoms with Gasteiger partial charge in [-0.2, -0.15) is 0 Å². The number of imidazole rings is 1. The van der Waals surface area contributed by atoms with Crippen molar-refractivity contribution in [2.24, 2.45) is 0 Å². The summed E-state index contributed by atoms with van der Waals surface area (Å²) >= 11 is 7.69. The van der Waals surface area contributed by atoms with Crippen LogP contribution in [-0.2, 0) is 17.9 Å². The molecule has 0 radical (unpaired) electrons. The van der Waals surface area contributed by atoms with Gasteiger partial charge < -0.3 is 9.47 Å². The third-order valence-corrected chi connectivity index (χ3v) is 5.90. The normalized spacial score (nSPS) is 12.3. The summed E-state index contributed by atoms with van der Waals surface area (Å²) in [6.45, 7) is 5.31. The summed E-state index contributed by atoms with van der Waals surface area (Å²) in [5, 5.41) is 0.451. The van der Waals surface area contributed by atoms with Crippen molar-refractivity contribution in [1.82, 2.24) is 14.5 Å². The molecule has 1 amide bonds. The maximum Gasteiger partial charge on any atom is 0.235 e. The SMILES string of the molecule is CCn1c(CN(C)C(=O)C(C)Sc2ccccc2Cl)nc2ccccc21. The summed E-state index contributed by atoms with van der Waals surface area (Å²) in [6, 6.07) is 15.7. The summed E-state index contributed by atoms with van der Waals surface area (Å²) in [5.74, 6) is 0.962. The van der Waals surface area contributed by atoms with Gasteiger partial charge in [0, 0.05) is 18.5 Å². The van der Waals surface area contributed by atoms with E-state index in [1.54, 1.807) is 4.90 Å². The number of fused-ring (bicyclic) bond motifs is 1. The van der Waals surface area contributed by atoms with E-state index >= 15 is 0 Å². The first-order valence-electron chi connectivity index (χ1n) is 8.61. The minimum atomic E-state index is -0.223. The Balaban J connectivity index is 1.74. The molecule has 1 atom stereocenters. The highest BCUT2D eigenvalue weighted by atomic mass is 35.5. The lowest BCUT2D eigenvalue weighted by Crippen LogP contribution is -2.33. The molecule has 4 nitrogen and oxygen atoms in total. The van der Waals surface area contributed by atoms with Crippen molar-refractivity contribution in [3.05, 3.63) is 59.4 Å². The number of halogens is 1. The van der Waals surface area contributed by atoms with E-state index in [4.69, 9.17) is 16.6 Å². The van der Waals surface area contributed by atoms with Crippen LogP contribution in [0, 0.1) is 0 Å². The van der Waals surface area contributed by atoms with Gasteiger partial charge in [0.05, 0.1) is 27.9 Å². The fraction of sp³-hybridized carbons (Fsp3) is 0.300. The first-order valence-corrected chi connectivity index (χ1v) is 9.87. The van der Waals surface area contributed by atoms with Crippen LogP contribution in [0.2, 0.25) is 5.02 Å². The summed E-state index contributed by atoms with van der Waals surface area (Å²) in [4.78, 5) is 20.2. The van der Waals surface area contributed by atoms with E-state index in [1.807, 2.05) is 56.4 Å². The molecule has 0 fully saturated rings. The first kappa shape index (κ1) is 18.8. The summed E-state index contributed by atoms with van der Waals surface area (Å²) in [6.07, 6.45) is 0. The van der Waals surface area contributed by atoms with Gasteiger partial charge in [-0.25, -0.2) is 4.98 Å². The Morgan fingerprint density at radius 1 is 1.23 bits per heavy atom. The van der Waals surface area contributed by atoms with Gasteiger partial charge in [0.25, 0.3) is 0 Å². The van der Waals surface area contributed by atoms with Crippen LogP contribution in [0.3, 0.4) is 0 Å². The Hall–Kier alpha value is -1.98. The molecule has 1 unspecified atom stereocenters. The third-order valence-electron chi connectivity index (χ3n) is 4.29. The molecular weight excluding hydrogens is 366 g/mol. The smallest absolute Gasteiger partial charge is 0.235 e. The lowest BCUT2D eigenvalue weighted by Gasteiger charge is -2.21. The van der Waals surface area contributed by atoms with E-state index in [2.05, 4.69) is 17.6 Å². The van der Waals surface area contributed by atoms with Crippen molar-refractivity contribution in [2.75, 3.05) is 7.05 Å². The molecule has 0 spiro atoms. The number of hydrogen-bond acceptors (Lipinski definition) is 3. The number of rotatable bonds is 6. The number of carbonyl (C=O) groups excluding carboxylic acids is 1. The highest BCUT2D eigenvalue weighted by Crippen LogP contribution is 2.30. The molecule has 1 aromatic heterocycles. The molecule has 3 aromatic rings. The molecule has 0 saturated heterocycles. The zero-order valence-electron chi connectivity index (χ0n) is 15.1. The van der Waals surface area contributed by atoms with Crippen LogP contribution in [0.25, 0.3) is 11.0 Å². The first-order chi connectivity index (χ1) is 12.5. The fourth-order valence-corrected chi connectivity index (χ4v) is 4.25. The Kier molecular flexibility index (Phi) is 5.89. The zero-order chi connectivity index (χ0) is 18.7. The van der Waals surface area contributed by atoms with Crippen molar-refractivity contribution < 1.29 is 4.79 Å². The number of thioether (sulfide) groups is 1. The molecule has 0 aliphatic carbocycles. The summed E-state index contributed by atoms with van der Waals surface area (Å²) in [7, 11) is 1.82. The molecular formula is C20H22ClN3OS. The van der Waals surface area contributed by atoms with Gasteiger partial charge in [-0.05, 0) is 38.1 Å². The fourth-order valence-electron chi connectivity index (χ4n) is 2.98.